The highest BCUT2D eigenvalue weighted by atomic mass is 16.2. The number of carbonyl (C=O) groups excluding carboxylic acids is 2. The van der Waals surface area contributed by atoms with Crippen LogP contribution in [-0.2, 0) is 9.59 Å². The lowest BCUT2D eigenvalue weighted by atomic mass is 10.1. The lowest BCUT2D eigenvalue weighted by Crippen LogP contribution is -2.47. The number of amides is 2. The van der Waals surface area contributed by atoms with Gasteiger partial charge in [-0.05, 0) is 37.6 Å². The molecule has 6 nitrogen and oxygen atoms in total. The zero-order chi connectivity index (χ0) is 15.4. The Labute approximate surface area is 126 Å². The molecule has 2 amide bonds. The molecule has 21 heavy (non-hydrogen) atoms. The van der Waals surface area contributed by atoms with Crippen LogP contribution in [0.3, 0.4) is 0 Å². The Balaban J connectivity index is 1.58. The quantitative estimate of drug-likeness (QED) is 0.601. The van der Waals surface area contributed by atoms with E-state index >= 15 is 0 Å². The van der Waals surface area contributed by atoms with Gasteiger partial charge in [0.05, 0.1) is 12.6 Å². The SMILES string of the molecule is CC(C)[C@H](N)C(=O)NCC(=O)NCC1CCN(C2CC2)C1. The molecule has 1 heterocycles. The Morgan fingerprint density at radius 1 is 1.24 bits per heavy atom. The largest absolute Gasteiger partial charge is 0.354 e. The fourth-order valence-electron chi connectivity index (χ4n) is 2.71. The molecule has 0 aromatic rings. The minimum Gasteiger partial charge on any atom is -0.354 e. The first kappa shape index (κ1) is 16.2. The predicted octanol–water partition coefficient (Wildman–Crippen LogP) is -0.314. The highest BCUT2D eigenvalue weighted by Gasteiger charge is 2.34. The van der Waals surface area contributed by atoms with E-state index < -0.39 is 6.04 Å². The number of nitrogens with two attached hydrogens (primary N) is 1. The number of likely N-dealkylation sites (tertiary alicyclic amines) is 1. The maximum Gasteiger partial charge on any atom is 0.239 e. The van der Waals surface area contributed by atoms with Crippen LogP contribution in [0.2, 0.25) is 0 Å². The van der Waals surface area contributed by atoms with Crippen molar-refractivity contribution in [2.24, 2.45) is 17.6 Å². The summed E-state index contributed by atoms with van der Waals surface area (Å²) >= 11 is 0. The summed E-state index contributed by atoms with van der Waals surface area (Å²) in [5.41, 5.74) is 5.72. The second-order valence-electron chi connectivity index (χ2n) is 6.67. The van der Waals surface area contributed by atoms with E-state index in [9.17, 15) is 9.59 Å². The van der Waals surface area contributed by atoms with Crippen LogP contribution in [-0.4, -0.2) is 55.0 Å². The molecule has 1 saturated carbocycles. The Kier molecular flexibility index (Phi) is 5.58. The lowest BCUT2D eigenvalue weighted by molar-refractivity contribution is -0.127. The number of hydrogen-bond donors (Lipinski definition) is 3. The maximum atomic E-state index is 11.7. The third kappa shape index (κ3) is 4.97. The molecule has 1 saturated heterocycles. The summed E-state index contributed by atoms with van der Waals surface area (Å²) in [4.78, 5) is 25.9. The van der Waals surface area contributed by atoms with Gasteiger partial charge in [0.1, 0.15) is 0 Å². The number of carbonyl (C=O) groups is 2. The third-order valence-corrected chi connectivity index (χ3v) is 4.41. The zero-order valence-corrected chi connectivity index (χ0v) is 13.1. The average Bonchev–Trinajstić information content (AvgIpc) is 3.20. The van der Waals surface area contributed by atoms with Gasteiger partial charge in [0.2, 0.25) is 11.8 Å². The fourth-order valence-corrected chi connectivity index (χ4v) is 2.71. The van der Waals surface area contributed by atoms with Crippen LogP contribution in [0.5, 0.6) is 0 Å². The highest BCUT2D eigenvalue weighted by Crippen LogP contribution is 2.31. The first-order valence-electron chi connectivity index (χ1n) is 8.01. The topological polar surface area (TPSA) is 87.5 Å². The maximum absolute atomic E-state index is 11.7. The van der Waals surface area contributed by atoms with E-state index in [4.69, 9.17) is 5.73 Å². The highest BCUT2D eigenvalue weighted by molar-refractivity contribution is 5.87. The van der Waals surface area contributed by atoms with Gasteiger partial charge in [-0.15, -0.1) is 0 Å². The molecule has 1 aliphatic carbocycles. The second kappa shape index (κ2) is 7.22. The molecular formula is C15H28N4O2. The summed E-state index contributed by atoms with van der Waals surface area (Å²) in [6, 6.07) is 0.252. The van der Waals surface area contributed by atoms with E-state index in [0.717, 1.165) is 25.6 Å². The fraction of sp³-hybridized carbons (Fsp3) is 0.867. The minimum absolute atomic E-state index is 0.0122. The molecule has 120 valence electrons. The lowest BCUT2D eigenvalue weighted by Gasteiger charge is -2.16. The monoisotopic (exact) mass is 296 g/mol. The van der Waals surface area contributed by atoms with Crippen LogP contribution in [0.25, 0.3) is 0 Å². The van der Waals surface area contributed by atoms with Gasteiger partial charge in [0.15, 0.2) is 0 Å². The van der Waals surface area contributed by atoms with Crippen molar-refractivity contribution < 1.29 is 9.59 Å². The summed E-state index contributed by atoms with van der Waals surface area (Å²) in [6.07, 6.45) is 3.82. The number of hydrogen-bond acceptors (Lipinski definition) is 4. The van der Waals surface area contributed by atoms with E-state index in [0.29, 0.717) is 12.5 Å². The molecule has 0 bridgehead atoms. The van der Waals surface area contributed by atoms with Crippen molar-refractivity contribution in [1.82, 2.24) is 15.5 Å². The van der Waals surface area contributed by atoms with Crippen molar-refractivity contribution in [3.63, 3.8) is 0 Å². The second-order valence-corrected chi connectivity index (χ2v) is 6.67. The standard InChI is InChI=1S/C15H28N4O2/c1-10(2)14(16)15(21)18-8-13(20)17-7-11-5-6-19(9-11)12-3-4-12/h10-12,14H,3-9,16H2,1-2H3,(H,17,20)(H,18,21)/t11?,14-/m0/s1. The molecule has 0 radical (unpaired) electrons. The Hall–Kier alpha value is -1.14. The number of nitrogens with one attached hydrogen (secondary N) is 2. The summed E-state index contributed by atoms with van der Waals surface area (Å²) in [5.74, 6) is 0.216. The third-order valence-electron chi connectivity index (χ3n) is 4.41. The van der Waals surface area contributed by atoms with Crippen molar-refractivity contribution in [2.45, 2.75) is 45.2 Å². The summed E-state index contributed by atoms with van der Waals surface area (Å²) in [5, 5.41) is 5.50. The van der Waals surface area contributed by atoms with Gasteiger partial charge in [-0.1, -0.05) is 13.8 Å². The van der Waals surface area contributed by atoms with Gasteiger partial charge in [-0.3, -0.25) is 9.59 Å². The van der Waals surface area contributed by atoms with Crippen LogP contribution >= 0.6 is 0 Å². The van der Waals surface area contributed by atoms with Gasteiger partial charge in [-0.25, -0.2) is 0 Å². The number of nitrogens with zero attached hydrogens (tertiary/aromatic N) is 1. The normalized spacial score (nSPS) is 24.1. The summed E-state index contributed by atoms with van der Waals surface area (Å²) in [6.45, 7) is 6.74. The Morgan fingerprint density at radius 3 is 2.57 bits per heavy atom. The molecule has 2 atom stereocenters. The van der Waals surface area contributed by atoms with Gasteiger partial charge in [0.25, 0.3) is 0 Å². The predicted molar refractivity (Wildman–Crippen MR) is 81.5 cm³/mol. The van der Waals surface area contributed by atoms with Crippen molar-refractivity contribution in [2.75, 3.05) is 26.2 Å². The Bertz CT molecular complexity index is 382. The number of rotatable bonds is 7. The van der Waals surface area contributed by atoms with Crippen LogP contribution in [0.15, 0.2) is 0 Å². The average molecular weight is 296 g/mol. The van der Waals surface area contributed by atoms with Crippen LogP contribution in [0.4, 0.5) is 0 Å². The van der Waals surface area contributed by atoms with Crippen molar-refractivity contribution in [3.05, 3.63) is 0 Å². The van der Waals surface area contributed by atoms with Crippen LogP contribution in [0, 0.1) is 11.8 Å². The van der Waals surface area contributed by atoms with Crippen LogP contribution < -0.4 is 16.4 Å². The first-order valence-corrected chi connectivity index (χ1v) is 8.01. The molecule has 6 heteroatoms. The van der Waals surface area contributed by atoms with Gasteiger partial charge in [-0.2, -0.15) is 0 Å². The molecular weight excluding hydrogens is 268 g/mol. The molecule has 1 aliphatic heterocycles. The van der Waals surface area contributed by atoms with E-state index in [1.165, 1.54) is 12.8 Å². The van der Waals surface area contributed by atoms with Crippen molar-refractivity contribution in [3.8, 4) is 0 Å². The minimum atomic E-state index is -0.556. The molecule has 0 aromatic heterocycles. The molecule has 4 N–H and O–H groups in total. The van der Waals surface area contributed by atoms with Gasteiger partial charge >= 0.3 is 0 Å². The van der Waals surface area contributed by atoms with E-state index in [1.54, 1.807) is 0 Å². The molecule has 0 aromatic carbocycles. The molecule has 2 aliphatic rings. The van der Waals surface area contributed by atoms with Crippen LogP contribution in [0.1, 0.15) is 33.1 Å². The summed E-state index contributed by atoms with van der Waals surface area (Å²) < 4.78 is 0. The van der Waals surface area contributed by atoms with Crippen molar-refractivity contribution in [1.29, 1.82) is 0 Å². The van der Waals surface area contributed by atoms with E-state index in [2.05, 4.69) is 15.5 Å². The molecule has 1 unspecified atom stereocenters. The van der Waals surface area contributed by atoms with E-state index in [1.807, 2.05) is 13.8 Å². The molecule has 0 spiro atoms. The smallest absolute Gasteiger partial charge is 0.239 e. The molecule has 2 rings (SSSR count). The first-order chi connectivity index (χ1) is 9.97. The Morgan fingerprint density at radius 2 is 1.95 bits per heavy atom. The van der Waals surface area contributed by atoms with Gasteiger partial charge in [0, 0.05) is 19.1 Å². The van der Waals surface area contributed by atoms with E-state index in [-0.39, 0.29) is 24.3 Å². The summed E-state index contributed by atoms with van der Waals surface area (Å²) in [7, 11) is 0. The zero-order valence-electron chi connectivity index (χ0n) is 13.1. The van der Waals surface area contributed by atoms with Gasteiger partial charge < -0.3 is 21.3 Å². The van der Waals surface area contributed by atoms with Crippen molar-refractivity contribution >= 4 is 11.8 Å². The molecule has 2 fully saturated rings.